The van der Waals surface area contributed by atoms with E-state index in [1.54, 1.807) is 6.92 Å². The first-order chi connectivity index (χ1) is 8.30. The molecule has 0 radical (unpaired) electrons. The fourth-order valence-electron chi connectivity index (χ4n) is 1.32. The lowest BCUT2D eigenvalue weighted by molar-refractivity contribution is 0.186. The molecule has 0 saturated carbocycles. The van der Waals surface area contributed by atoms with Crippen molar-refractivity contribution >= 4 is 21.6 Å². The summed E-state index contributed by atoms with van der Waals surface area (Å²) in [6, 6.07) is 3.78. The van der Waals surface area contributed by atoms with E-state index in [-0.39, 0.29) is 17.3 Å². The van der Waals surface area contributed by atoms with Crippen LogP contribution in [0.3, 0.4) is 0 Å². The van der Waals surface area contributed by atoms with Gasteiger partial charge >= 0.3 is 0 Å². The minimum Gasteiger partial charge on any atom is -0.393 e. The van der Waals surface area contributed by atoms with Crippen LogP contribution in [0.4, 0.5) is 4.39 Å². The number of nitrogens with one attached hydrogen (secondary N) is 1. The highest BCUT2D eigenvalue weighted by atomic mass is 35.5. The van der Waals surface area contributed by atoms with Crippen molar-refractivity contribution in [3.05, 3.63) is 34.6 Å². The molecule has 18 heavy (non-hydrogen) atoms. The highest BCUT2D eigenvalue weighted by Gasteiger charge is 2.12. The summed E-state index contributed by atoms with van der Waals surface area (Å²) in [6.45, 7) is 1.74. The lowest BCUT2D eigenvalue weighted by atomic mass is 10.2. The van der Waals surface area contributed by atoms with Gasteiger partial charge in [0, 0.05) is 6.54 Å². The van der Waals surface area contributed by atoms with Crippen LogP contribution in [0.25, 0.3) is 0 Å². The smallest absolute Gasteiger partial charge is 0.215 e. The highest BCUT2D eigenvalue weighted by molar-refractivity contribution is 7.88. The zero-order valence-corrected chi connectivity index (χ0v) is 11.4. The normalized spacial score (nSPS) is 13.6. The van der Waals surface area contributed by atoms with Gasteiger partial charge in [0.2, 0.25) is 10.0 Å². The third-order valence-corrected chi connectivity index (χ3v) is 3.87. The van der Waals surface area contributed by atoms with Gasteiger partial charge in [-0.25, -0.2) is 17.5 Å². The minimum atomic E-state index is -3.50. The maximum Gasteiger partial charge on any atom is 0.215 e. The molecule has 0 saturated heterocycles. The molecule has 4 nitrogen and oxygen atoms in total. The van der Waals surface area contributed by atoms with E-state index < -0.39 is 21.9 Å². The van der Waals surface area contributed by atoms with Crippen molar-refractivity contribution in [3.63, 3.8) is 0 Å². The van der Waals surface area contributed by atoms with Gasteiger partial charge in [0.05, 0.1) is 16.9 Å². The SMILES string of the molecule is CC(O)CCNS(=O)(=O)Cc1ccc(F)c(Cl)c1. The standard InChI is InChI=1S/C11H15ClFNO3S/c1-8(15)4-5-14-18(16,17)7-9-2-3-11(13)10(12)6-9/h2-3,6,8,14-15H,4-5,7H2,1H3. The first kappa shape index (κ1) is 15.4. The molecule has 0 amide bonds. The number of hydrogen-bond acceptors (Lipinski definition) is 3. The predicted molar refractivity (Wildman–Crippen MR) is 68.3 cm³/mol. The third kappa shape index (κ3) is 5.30. The van der Waals surface area contributed by atoms with Crippen LogP contribution < -0.4 is 4.72 Å². The molecule has 0 bridgehead atoms. The van der Waals surface area contributed by atoms with Crippen molar-refractivity contribution in [1.82, 2.24) is 4.72 Å². The van der Waals surface area contributed by atoms with E-state index in [4.69, 9.17) is 16.7 Å². The predicted octanol–water partition coefficient (Wildman–Crippen LogP) is 1.67. The van der Waals surface area contributed by atoms with Crippen molar-refractivity contribution in [3.8, 4) is 0 Å². The Morgan fingerprint density at radius 1 is 1.50 bits per heavy atom. The van der Waals surface area contributed by atoms with E-state index in [9.17, 15) is 12.8 Å². The second kappa shape index (κ2) is 6.47. The van der Waals surface area contributed by atoms with Gasteiger partial charge < -0.3 is 5.11 Å². The maximum atomic E-state index is 12.9. The highest BCUT2D eigenvalue weighted by Crippen LogP contribution is 2.17. The topological polar surface area (TPSA) is 66.4 Å². The second-order valence-corrected chi connectivity index (χ2v) is 6.25. The number of benzene rings is 1. The average Bonchev–Trinajstić information content (AvgIpc) is 2.22. The lowest BCUT2D eigenvalue weighted by Gasteiger charge is -2.08. The Bertz CT molecular complexity index is 505. The van der Waals surface area contributed by atoms with Crippen LogP contribution in [0.15, 0.2) is 18.2 Å². The second-order valence-electron chi connectivity index (χ2n) is 4.04. The van der Waals surface area contributed by atoms with E-state index in [1.807, 2.05) is 0 Å². The largest absolute Gasteiger partial charge is 0.393 e. The summed E-state index contributed by atoms with van der Waals surface area (Å²) in [5.74, 6) is -0.854. The van der Waals surface area contributed by atoms with Gasteiger partial charge in [-0.2, -0.15) is 0 Å². The summed E-state index contributed by atoms with van der Waals surface area (Å²) in [5, 5.41) is 8.91. The first-order valence-electron chi connectivity index (χ1n) is 5.39. The van der Waals surface area contributed by atoms with E-state index in [1.165, 1.54) is 12.1 Å². The molecule has 1 aromatic rings. The van der Waals surface area contributed by atoms with Crippen LogP contribution in [-0.4, -0.2) is 26.2 Å². The lowest BCUT2D eigenvalue weighted by Crippen LogP contribution is -2.27. The van der Waals surface area contributed by atoms with Crippen LogP contribution in [0.2, 0.25) is 5.02 Å². The van der Waals surface area contributed by atoms with Crippen molar-refractivity contribution in [2.45, 2.75) is 25.2 Å². The molecule has 0 aliphatic heterocycles. The number of rotatable bonds is 6. The Balaban J connectivity index is 2.62. The summed E-state index contributed by atoms with van der Waals surface area (Å²) in [7, 11) is -3.50. The van der Waals surface area contributed by atoms with Gasteiger partial charge in [-0.15, -0.1) is 0 Å². The maximum absolute atomic E-state index is 12.9. The fourth-order valence-corrected chi connectivity index (χ4v) is 2.68. The van der Waals surface area contributed by atoms with E-state index in [2.05, 4.69) is 4.72 Å². The molecule has 1 aromatic carbocycles. The quantitative estimate of drug-likeness (QED) is 0.839. The van der Waals surface area contributed by atoms with Gasteiger partial charge in [0.15, 0.2) is 0 Å². The van der Waals surface area contributed by atoms with Crippen LogP contribution in [-0.2, 0) is 15.8 Å². The van der Waals surface area contributed by atoms with E-state index >= 15 is 0 Å². The third-order valence-electron chi connectivity index (χ3n) is 2.22. The summed E-state index contributed by atoms with van der Waals surface area (Å²) >= 11 is 5.57. The van der Waals surface area contributed by atoms with Crippen LogP contribution >= 0.6 is 11.6 Å². The Morgan fingerprint density at radius 3 is 2.72 bits per heavy atom. The average molecular weight is 296 g/mol. The van der Waals surface area contributed by atoms with Gasteiger partial charge in [-0.05, 0) is 31.0 Å². The molecule has 1 unspecified atom stereocenters. The zero-order chi connectivity index (χ0) is 13.8. The number of halogens is 2. The van der Waals surface area contributed by atoms with Crippen LogP contribution in [0.1, 0.15) is 18.9 Å². The van der Waals surface area contributed by atoms with Crippen LogP contribution in [0, 0.1) is 5.82 Å². The van der Waals surface area contributed by atoms with Crippen molar-refractivity contribution in [2.24, 2.45) is 0 Å². The minimum absolute atomic E-state index is 0.105. The molecule has 0 fully saturated rings. The molecule has 0 heterocycles. The van der Waals surface area contributed by atoms with Gasteiger partial charge in [0.25, 0.3) is 0 Å². The zero-order valence-electron chi connectivity index (χ0n) is 9.86. The molecular formula is C11H15ClFNO3S. The molecule has 0 spiro atoms. The van der Waals surface area contributed by atoms with Gasteiger partial charge in [-0.1, -0.05) is 17.7 Å². The fraction of sp³-hybridized carbons (Fsp3) is 0.455. The summed E-state index contributed by atoms with van der Waals surface area (Å²) in [5.41, 5.74) is 0.408. The Labute approximate surface area is 111 Å². The molecule has 102 valence electrons. The van der Waals surface area contributed by atoms with E-state index in [0.717, 1.165) is 6.07 Å². The molecule has 0 aromatic heterocycles. The van der Waals surface area contributed by atoms with Gasteiger partial charge in [0.1, 0.15) is 5.82 Å². The molecule has 0 aliphatic rings. The Morgan fingerprint density at radius 2 is 2.17 bits per heavy atom. The molecule has 2 N–H and O–H groups in total. The first-order valence-corrected chi connectivity index (χ1v) is 7.42. The number of aliphatic hydroxyl groups is 1. The Kier molecular flexibility index (Phi) is 5.52. The number of hydrogen-bond donors (Lipinski definition) is 2. The summed E-state index contributed by atoms with van der Waals surface area (Å²) in [6.07, 6.45) is -0.225. The van der Waals surface area contributed by atoms with Crippen molar-refractivity contribution < 1.29 is 17.9 Å². The van der Waals surface area contributed by atoms with Crippen LogP contribution in [0.5, 0.6) is 0 Å². The monoisotopic (exact) mass is 295 g/mol. The molecule has 7 heteroatoms. The summed E-state index contributed by atoms with van der Waals surface area (Å²) < 4.78 is 38.5. The molecule has 1 rings (SSSR count). The molecule has 0 aliphatic carbocycles. The van der Waals surface area contributed by atoms with E-state index in [0.29, 0.717) is 12.0 Å². The van der Waals surface area contributed by atoms with Crippen molar-refractivity contribution in [1.29, 1.82) is 0 Å². The Hall–Kier alpha value is -0.690. The number of aliphatic hydroxyl groups excluding tert-OH is 1. The number of sulfonamides is 1. The molecular weight excluding hydrogens is 281 g/mol. The molecule has 1 atom stereocenters. The summed E-state index contributed by atoms with van der Waals surface area (Å²) in [4.78, 5) is 0. The van der Waals surface area contributed by atoms with Crippen molar-refractivity contribution in [2.75, 3.05) is 6.54 Å². The van der Waals surface area contributed by atoms with Gasteiger partial charge in [-0.3, -0.25) is 0 Å².